The van der Waals surface area contributed by atoms with Gasteiger partial charge in [-0.1, -0.05) is 0 Å². The largest absolute Gasteiger partial charge is 0.376 e. The Labute approximate surface area is 66.3 Å². The third-order valence-electron chi connectivity index (χ3n) is 1.76. The molecule has 1 heterocycles. The van der Waals surface area contributed by atoms with E-state index < -0.39 is 0 Å². The molecule has 0 aromatic carbocycles. The maximum Gasteiger partial charge on any atom is 0.0836 e. The minimum absolute atomic E-state index is 0.194. The van der Waals surface area contributed by atoms with Crippen LogP contribution in [0.2, 0.25) is 0 Å². The Kier molecular flexibility index (Phi) is 3.00. The molecule has 0 spiro atoms. The van der Waals surface area contributed by atoms with E-state index in [1.165, 1.54) is 0 Å². The van der Waals surface area contributed by atoms with Gasteiger partial charge in [0, 0.05) is 6.61 Å². The predicted molar refractivity (Wildman–Crippen MR) is 43.5 cm³/mol. The molecule has 3 heteroatoms. The van der Waals surface area contributed by atoms with Crippen molar-refractivity contribution in [2.24, 2.45) is 4.99 Å². The highest BCUT2D eigenvalue weighted by Gasteiger charge is 2.21. The standard InChI is InChI=1S/C7H11NOS/c1-6(8-5-10)7-3-2-4-9-7/h6-7H,2-4H2,1H3/t6-,7+/m1/s1. The fourth-order valence-electron chi connectivity index (χ4n) is 1.15. The van der Waals surface area contributed by atoms with Gasteiger partial charge in [-0.3, -0.25) is 0 Å². The molecule has 1 rings (SSSR count). The molecule has 0 bridgehead atoms. The summed E-state index contributed by atoms with van der Waals surface area (Å²) < 4.78 is 5.39. The first-order chi connectivity index (χ1) is 4.84. The molecule has 0 amide bonds. The van der Waals surface area contributed by atoms with Crippen LogP contribution in [-0.4, -0.2) is 23.9 Å². The minimum Gasteiger partial charge on any atom is -0.376 e. The van der Waals surface area contributed by atoms with Gasteiger partial charge < -0.3 is 4.74 Å². The van der Waals surface area contributed by atoms with E-state index >= 15 is 0 Å². The monoisotopic (exact) mass is 157 g/mol. The topological polar surface area (TPSA) is 21.6 Å². The Bertz CT molecular complexity index is 148. The smallest absolute Gasteiger partial charge is 0.0836 e. The second-order valence-electron chi connectivity index (χ2n) is 2.51. The highest BCUT2D eigenvalue weighted by Crippen LogP contribution is 2.16. The van der Waals surface area contributed by atoms with E-state index in [1.807, 2.05) is 6.92 Å². The second kappa shape index (κ2) is 3.81. The molecule has 0 radical (unpaired) electrons. The van der Waals surface area contributed by atoms with Gasteiger partial charge in [-0.25, -0.2) is 4.99 Å². The highest BCUT2D eigenvalue weighted by molar-refractivity contribution is 7.78. The van der Waals surface area contributed by atoms with Crippen molar-refractivity contribution in [3.8, 4) is 0 Å². The Hall–Kier alpha value is -0.240. The fourth-order valence-corrected chi connectivity index (χ4v) is 1.32. The van der Waals surface area contributed by atoms with Crippen LogP contribution in [0.4, 0.5) is 0 Å². The summed E-state index contributed by atoms with van der Waals surface area (Å²) in [4.78, 5) is 3.95. The van der Waals surface area contributed by atoms with Crippen LogP contribution in [-0.2, 0) is 4.74 Å². The minimum atomic E-state index is 0.194. The maximum atomic E-state index is 5.39. The Morgan fingerprint density at radius 3 is 3.10 bits per heavy atom. The van der Waals surface area contributed by atoms with Crippen LogP contribution in [0, 0.1) is 0 Å². The first kappa shape index (κ1) is 7.86. The fraction of sp³-hybridized carbons (Fsp3) is 0.857. The summed E-state index contributed by atoms with van der Waals surface area (Å²) in [5.74, 6) is 0. The van der Waals surface area contributed by atoms with Crippen LogP contribution < -0.4 is 0 Å². The summed E-state index contributed by atoms with van der Waals surface area (Å²) in [5, 5.41) is 2.37. The molecule has 0 aromatic rings. The molecule has 2 atom stereocenters. The number of aliphatic imine (C=N–C) groups is 1. The van der Waals surface area contributed by atoms with E-state index in [9.17, 15) is 0 Å². The summed E-state index contributed by atoms with van der Waals surface area (Å²) in [6, 6.07) is 0.194. The Balaban J connectivity index is 2.39. The van der Waals surface area contributed by atoms with E-state index in [2.05, 4.69) is 22.4 Å². The second-order valence-corrected chi connectivity index (χ2v) is 2.70. The van der Waals surface area contributed by atoms with Crippen molar-refractivity contribution >= 4 is 17.4 Å². The van der Waals surface area contributed by atoms with Crippen molar-refractivity contribution in [3.63, 3.8) is 0 Å². The van der Waals surface area contributed by atoms with Crippen LogP contribution in [0.5, 0.6) is 0 Å². The van der Waals surface area contributed by atoms with Gasteiger partial charge in [0.2, 0.25) is 0 Å². The lowest BCUT2D eigenvalue weighted by Crippen LogP contribution is -2.19. The Morgan fingerprint density at radius 1 is 1.80 bits per heavy atom. The van der Waals surface area contributed by atoms with E-state index in [4.69, 9.17) is 4.74 Å². The molecular formula is C7H11NOS. The van der Waals surface area contributed by atoms with E-state index in [0.717, 1.165) is 19.4 Å². The van der Waals surface area contributed by atoms with Gasteiger partial charge in [-0.2, -0.15) is 0 Å². The normalized spacial score (nSPS) is 27.5. The Morgan fingerprint density at radius 2 is 2.60 bits per heavy atom. The number of hydrogen-bond donors (Lipinski definition) is 0. The molecular weight excluding hydrogens is 146 g/mol. The SMILES string of the molecule is C[C@@H](N=C=S)[C@@H]1CCCO1. The molecule has 56 valence electrons. The zero-order chi connectivity index (χ0) is 7.40. The lowest BCUT2D eigenvalue weighted by Gasteiger charge is -2.11. The third-order valence-corrected chi connectivity index (χ3v) is 1.86. The van der Waals surface area contributed by atoms with E-state index in [-0.39, 0.29) is 12.1 Å². The molecule has 0 saturated carbocycles. The van der Waals surface area contributed by atoms with Gasteiger partial charge in [0.15, 0.2) is 0 Å². The maximum absolute atomic E-state index is 5.39. The molecule has 0 N–H and O–H groups in total. The van der Waals surface area contributed by atoms with Gasteiger partial charge in [-0.05, 0) is 32.0 Å². The van der Waals surface area contributed by atoms with E-state index in [1.54, 1.807) is 0 Å². The molecule has 1 saturated heterocycles. The van der Waals surface area contributed by atoms with E-state index in [0.29, 0.717) is 0 Å². The number of thiocarbonyl (C=S) groups is 1. The first-order valence-corrected chi connectivity index (χ1v) is 3.94. The van der Waals surface area contributed by atoms with Gasteiger partial charge in [-0.15, -0.1) is 0 Å². The van der Waals surface area contributed by atoms with Crippen molar-refractivity contribution in [2.75, 3.05) is 6.61 Å². The van der Waals surface area contributed by atoms with Gasteiger partial charge in [0.05, 0.1) is 17.3 Å². The van der Waals surface area contributed by atoms with Crippen LogP contribution in [0.3, 0.4) is 0 Å². The number of hydrogen-bond acceptors (Lipinski definition) is 3. The number of ether oxygens (including phenoxy) is 1. The van der Waals surface area contributed by atoms with Crippen LogP contribution >= 0.6 is 12.2 Å². The predicted octanol–water partition coefficient (Wildman–Crippen LogP) is 1.66. The first-order valence-electron chi connectivity index (χ1n) is 3.53. The van der Waals surface area contributed by atoms with Crippen molar-refractivity contribution in [1.82, 2.24) is 0 Å². The molecule has 10 heavy (non-hydrogen) atoms. The van der Waals surface area contributed by atoms with Crippen LogP contribution in [0.25, 0.3) is 0 Å². The van der Waals surface area contributed by atoms with Gasteiger partial charge in [0.1, 0.15) is 0 Å². The quantitative estimate of drug-likeness (QED) is 0.449. The molecule has 2 nitrogen and oxygen atoms in total. The van der Waals surface area contributed by atoms with Crippen molar-refractivity contribution in [3.05, 3.63) is 0 Å². The van der Waals surface area contributed by atoms with Gasteiger partial charge in [0.25, 0.3) is 0 Å². The zero-order valence-corrected chi connectivity index (χ0v) is 6.86. The molecule has 1 fully saturated rings. The molecule has 0 unspecified atom stereocenters. The average molecular weight is 157 g/mol. The molecule has 0 aromatic heterocycles. The molecule has 1 aliphatic rings. The number of isothiocyanates is 1. The zero-order valence-electron chi connectivity index (χ0n) is 6.04. The highest BCUT2D eigenvalue weighted by atomic mass is 32.1. The van der Waals surface area contributed by atoms with Crippen LogP contribution in [0.15, 0.2) is 4.99 Å². The third kappa shape index (κ3) is 1.87. The summed E-state index contributed by atoms with van der Waals surface area (Å²) in [6.07, 6.45) is 2.55. The van der Waals surface area contributed by atoms with Crippen molar-refractivity contribution < 1.29 is 4.74 Å². The molecule has 1 aliphatic heterocycles. The summed E-state index contributed by atoms with van der Waals surface area (Å²) >= 11 is 4.49. The summed E-state index contributed by atoms with van der Waals surface area (Å²) in [7, 11) is 0. The molecule has 0 aliphatic carbocycles. The van der Waals surface area contributed by atoms with Gasteiger partial charge >= 0.3 is 0 Å². The lowest BCUT2D eigenvalue weighted by molar-refractivity contribution is 0.0955. The number of nitrogens with zero attached hydrogens (tertiary/aromatic N) is 1. The summed E-state index contributed by atoms with van der Waals surface area (Å²) in [6.45, 7) is 2.89. The lowest BCUT2D eigenvalue weighted by atomic mass is 10.1. The number of rotatable bonds is 2. The van der Waals surface area contributed by atoms with Crippen molar-refractivity contribution in [2.45, 2.75) is 31.9 Å². The van der Waals surface area contributed by atoms with Crippen molar-refractivity contribution in [1.29, 1.82) is 0 Å². The van der Waals surface area contributed by atoms with Crippen LogP contribution in [0.1, 0.15) is 19.8 Å². The summed E-state index contributed by atoms with van der Waals surface area (Å²) in [5.41, 5.74) is 0. The average Bonchev–Trinajstić information content (AvgIpc) is 2.38.